The summed E-state index contributed by atoms with van der Waals surface area (Å²) in [5.41, 5.74) is 0. The maximum absolute atomic E-state index is 10.5. The number of phosphoric acid groups is 1. The molecule has 0 aromatic rings. The molecule has 2 radical (unpaired) electrons. The van der Waals surface area contributed by atoms with Crippen LogP contribution in [0.15, 0.2) is 11.5 Å². The molecule has 0 aliphatic carbocycles. The normalized spacial score (nSPS) is 20.5. The Kier molecular flexibility index (Phi) is 8.76. The van der Waals surface area contributed by atoms with Gasteiger partial charge in [0.2, 0.25) is 5.76 Å². The average Bonchev–Trinajstić information content (AvgIpc) is 2.42. The summed E-state index contributed by atoms with van der Waals surface area (Å²) in [6, 6.07) is 0. The van der Waals surface area contributed by atoms with Gasteiger partial charge in [-0.25, -0.2) is 9.36 Å². The molecule has 1 rings (SSSR count). The van der Waals surface area contributed by atoms with Crippen LogP contribution in [-0.4, -0.2) is 82.9 Å². The van der Waals surface area contributed by atoms with Gasteiger partial charge < -0.3 is 39.8 Å². The Hall–Kier alpha value is -0.394. The fourth-order valence-electron chi connectivity index (χ4n) is 0.823. The van der Waals surface area contributed by atoms with Crippen molar-refractivity contribution in [1.29, 1.82) is 0 Å². The molecule has 0 saturated heterocycles. The van der Waals surface area contributed by atoms with E-state index in [-0.39, 0.29) is 23.1 Å². The second kappa shape index (κ2) is 7.91. The smallest absolute Gasteiger partial charge is 0.466 e. The molecule has 0 saturated carbocycles. The lowest BCUT2D eigenvalue weighted by molar-refractivity contribution is -0.147. The summed E-state index contributed by atoms with van der Waals surface area (Å²) in [7, 11) is -4.64. The third-order valence-corrected chi connectivity index (χ3v) is 1.48. The van der Waals surface area contributed by atoms with E-state index in [1.54, 1.807) is 0 Å². The highest BCUT2D eigenvalue weighted by molar-refractivity contribution is 7.45. The summed E-state index contributed by atoms with van der Waals surface area (Å²) in [4.78, 5) is 32.1. The van der Waals surface area contributed by atoms with E-state index < -0.39 is 44.1 Å². The summed E-state index contributed by atoms with van der Waals surface area (Å²) >= 11 is 0. The van der Waals surface area contributed by atoms with E-state index in [1.807, 2.05) is 0 Å². The van der Waals surface area contributed by atoms with Crippen molar-refractivity contribution in [3.05, 3.63) is 11.5 Å². The van der Waals surface area contributed by atoms with Crippen LogP contribution < -0.4 is 0 Å². The minimum absolute atomic E-state index is 0. The molecule has 102 valence electrons. The van der Waals surface area contributed by atoms with Crippen molar-refractivity contribution in [2.45, 2.75) is 12.2 Å². The summed E-state index contributed by atoms with van der Waals surface area (Å²) in [5.74, 6) is -2.78. The molecule has 0 unspecified atom stereocenters. The van der Waals surface area contributed by atoms with Gasteiger partial charge >= 0.3 is 13.8 Å². The number of aliphatic hydroxyl groups excluding tert-OH is 4. The Morgan fingerprint density at radius 1 is 1.28 bits per heavy atom. The number of carbonyl (C=O) groups excluding carboxylic acids is 1. The SMILES string of the molecule is O=C1O[C@H]([C@@H](O)CO)C(O)=C1O.O=P(O)(O)O.[Mg]. The van der Waals surface area contributed by atoms with E-state index in [2.05, 4.69) is 4.74 Å². The fourth-order valence-corrected chi connectivity index (χ4v) is 0.823. The zero-order chi connectivity index (χ0) is 13.8. The van der Waals surface area contributed by atoms with Gasteiger partial charge in [0.15, 0.2) is 11.9 Å². The standard InChI is InChI=1S/C6H8O6.Mg.H3O4P/c7-1-2(8)5-3(9)4(10)6(11)12-5;;1-5(2,3)4/h2,5,7-10H,1H2;;(H3,1,2,3,4)/t2-,5+;;/m0../s1. The molecule has 18 heavy (non-hydrogen) atoms. The van der Waals surface area contributed by atoms with Crippen molar-refractivity contribution >= 4 is 36.8 Å². The van der Waals surface area contributed by atoms with E-state index in [0.29, 0.717) is 0 Å². The summed E-state index contributed by atoms with van der Waals surface area (Å²) in [6.45, 7) is -0.671. The second-order valence-corrected chi connectivity index (χ2v) is 3.85. The molecule has 1 aliphatic rings. The Morgan fingerprint density at radius 3 is 1.89 bits per heavy atom. The van der Waals surface area contributed by atoms with Crippen LogP contribution >= 0.6 is 7.82 Å². The molecule has 7 N–H and O–H groups in total. The zero-order valence-corrected chi connectivity index (χ0v) is 11.2. The highest BCUT2D eigenvalue weighted by Gasteiger charge is 2.38. The first-order valence-corrected chi connectivity index (χ1v) is 5.54. The van der Waals surface area contributed by atoms with Gasteiger partial charge in [0, 0.05) is 23.1 Å². The number of rotatable bonds is 2. The Bertz CT molecular complexity index is 353. The number of cyclic esters (lactones) is 1. The van der Waals surface area contributed by atoms with E-state index in [1.165, 1.54) is 0 Å². The minimum atomic E-state index is -4.64. The predicted octanol–water partition coefficient (Wildman–Crippen LogP) is -2.72. The van der Waals surface area contributed by atoms with Crippen LogP contribution in [0.5, 0.6) is 0 Å². The number of hydrogen-bond acceptors (Lipinski definition) is 7. The third-order valence-electron chi connectivity index (χ3n) is 1.48. The number of hydrogen-bond donors (Lipinski definition) is 7. The van der Waals surface area contributed by atoms with Crippen molar-refractivity contribution in [2.75, 3.05) is 6.61 Å². The van der Waals surface area contributed by atoms with Crippen LogP contribution in [0.4, 0.5) is 0 Å². The molecular weight excluding hydrogens is 287 g/mol. The summed E-state index contributed by atoms with van der Waals surface area (Å²) < 4.78 is 13.2. The lowest BCUT2D eigenvalue weighted by atomic mass is 10.2. The quantitative estimate of drug-likeness (QED) is 0.160. The van der Waals surface area contributed by atoms with Crippen molar-refractivity contribution in [3.63, 3.8) is 0 Å². The van der Waals surface area contributed by atoms with E-state index in [0.717, 1.165) is 0 Å². The van der Waals surface area contributed by atoms with Crippen LogP contribution in [0.1, 0.15) is 0 Å². The highest BCUT2D eigenvalue weighted by atomic mass is 31.2. The van der Waals surface area contributed by atoms with Gasteiger partial charge in [-0.15, -0.1) is 0 Å². The van der Waals surface area contributed by atoms with Gasteiger partial charge in [-0.05, 0) is 0 Å². The van der Waals surface area contributed by atoms with Crippen LogP contribution in [-0.2, 0) is 14.1 Å². The molecule has 0 amide bonds. The van der Waals surface area contributed by atoms with Crippen molar-refractivity contribution < 1.29 is 49.2 Å². The van der Waals surface area contributed by atoms with Crippen molar-refractivity contribution in [1.82, 2.24) is 0 Å². The molecule has 0 bridgehead atoms. The van der Waals surface area contributed by atoms with Gasteiger partial charge in [-0.3, -0.25) is 0 Å². The molecule has 1 heterocycles. The van der Waals surface area contributed by atoms with Gasteiger partial charge in [0.05, 0.1) is 6.61 Å². The first kappa shape index (κ1) is 19.9. The lowest BCUT2D eigenvalue weighted by Gasteiger charge is -2.13. The van der Waals surface area contributed by atoms with Crippen LogP contribution in [0.3, 0.4) is 0 Å². The zero-order valence-electron chi connectivity index (χ0n) is 8.87. The number of carbonyl (C=O) groups is 1. The molecule has 0 aromatic heterocycles. The van der Waals surface area contributed by atoms with E-state index in [9.17, 15) is 4.79 Å². The van der Waals surface area contributed by atoms with Crippen molar-refractivity contribution in [2.24, 2.45) is 0 Å². The van der Waals surface area contributed by atoms with E-state index in [4.69, 9.17) is 39.7 Å². The fraction of sp³-hybridized carbons (Fsp3) is 0.500. The van der Waals surface area contributed by atoms with Gasteiger partial charge in [0.25, 0.3) is 0 Å². The van der Waals surface area contributed by atoms with Crippen LogP contribution in [0.2, 0.25) is 0 Å². The minimum Gasteiger partial charge on any atom is -0.505 e. The monoisotopic (exact) mass is 298 g/mol. The summed E-state index contributed by atoms with van der Waals surface area (Å²) in [5, 5.41) is 35.0. The Morgan fingerprint density at radius 2 is 1.67 bits per heavy atom. The first-order chi connectivity index (χ1) is 7.57. The molecule has 0 spiro atoms. The van der Waals surface area contributed by atoms with Gasteiger partial charge in [0.1, 0.15) is 6.10 Å². The average molecular weight is 298 g/mol. The molecule has 2 atom stereocenters. The lowest BCUT2D eigenvalue weighted by Crippen LogP contribution is -2.31. The predicted molar refractivity (Wildman–Crippen MR) is 55.3 cm³/mol. The van der Waals surface area contributed by atoms with Crippen molar-refractivity contribution in [3.8, 4) is 0 Å². The van der Waals surface area contributed by atoms with Crippen LogP contribution in [0.25, 0.3) is 0 Å². The summed E-state index contributed by atoms with van der Waals surface area (Å²) in [6.07, 6.45) is -2.78. The second-order valence-electron chi connectivity index (χ2n) is 2.82. The maximum atomic E-state index is 10.5. The Labute approximate surface area is 117 Å². The number of ether oxygens (including phenoxy) is 1. The number of esters is 1. The number of aliphatic hydroxyl groups is 4. The topological polar surface area (TPSA) is 185 Å². The molecule has 12 heteroatoms. The molecule has 0 aromatic carbocycles. The molecule has 0 fully saturated rings. The third kappa shape index (κ3) is 7.13. The van der Waals surface area contributed by atoms with Crippen LogP contribution in [0, 0.1) is 0 Å². The Balaban J connectivity index is 0. The largest absolute Gasteiger partial charge is 0.505 e. The molecule has 1 aliphatic heterocycles. The van der Waals surface area contributed by atoms with Gasteiger partial charge in [-0.2, -0.15) is 0 Å². The molecular formula is C6H11MgO10P. The highest BCUT2D eigenvalue weighted by Crippen LogP contribution is 2.25. The van der Waals surface area contributed by atoms with Gasteiger partial charge in [-0.1, -0.05) is 0 Å². The first-order valence-electron chi connectivity index (χ1n) is 3.98. The van der Waals surface area contributed by atoms with E-state index >= 15 is 0 Å². The maximum Gasteiger partial charge on any atom is 0.466 e. The molecule has 10 nitrogen and oxygen atoms in total.